The van der Waals surface area contributed by atoms with E-state index in [4.69, 9.17) is 4.74 Å². The fourth-order valence-corrected chi connectivity index (χ4v) is 3.21. The Hall–Kier alpha value is -3.67. The molecule has 1 aliphatic heterocycles. The fourth-order valence-electron chi connectivity index (χ4n) is 3.21. The molecule has 2 aromatic rings. The summed E-state index contributed by atoms with van der Waals surface area (Å²) in [7, 11) is 1.86. The van der Waals surface area contributed by atoms with Gasteiger partial charge in [-0.3, -0.25) is 14.4 Å². The summed E-state index contributed by atoms with van der Waals surface area (Å²) in [6.07, 6.45) is 6.16. The third kappa shape index (κ3) is 5.92. The molecule has 2 aromatic carbocycles. The second-order valence-corrected chi connectivity index (χ2v) is 7.37. The minimum absolute atomic E-state index is 0.0621. The minimum Gasteiger partial charge on any atom is -0.463 e. The molecule has 0 radical (unpaired) electrons. The van der Waals surface area contributed by atoms with E-state index >= 15 is 0 Å². The molecule has 0 aliphatic carbocycles. The molecule has 0 bridgehead atoms. The summed E-state index contributed by atoms with van der Waals surface area (Å²) < 4.78 is 5.30. The first-order valence-corrected chi connectivity index (χ1v) is 10.2. The molecule has 0 saturated heterocycles. The van der Waals surface area contributed by atoms with E-state index in [1.165, 1.54) is 0 Å². The van der Waals surface area contributed by atoms with Gasteiger partial charge in [-0.2, -0.15) is 0 Å². The summed E-state index contributed by atoms with van der Waals surface area (Å²) in [6, 6.07) is 16.0. The van der Waals surface area contributed by atoms with Gasteiger partial charge >= 0.3 is 5.97 Å². The Balaban J connectivity index is 1.46. The number of rotatable bonds is 8. The Morgan fingerprint density at radius 3 is 2.39 bits per heavy atom. The number of esters is 1. The summed E-state index contributed by atoms with van der Waals surface area (Å²) in [5, 5.41) is 2.76. The van der Waals surface area contributed by atoms with Crippen molar-refractivity contribution in [1.29, 1.82) is 0 Å². The lowest BCUT2D eigenvalue weighted by molar-refractivity contribution is -0.145. The summed E-state index contributed by atoms with van der Waals surface area (Å²) in [6.45, 7) is 2.09. The van der Waals surface area contributed by atoms with Gasteiger partial charge < -0.3 is 15.0 Å². The van der Waals surface area contributed by atoms with Crippen molar-refractivity contribution in [3.63, 3.8) is 0 Å². The van der Waals surface area contributed by atoms with Gasteiger partial charge in [0.1, 0.15) is 6.61 Å². The first-order chi connectivity index (χ1) is 15.0. The molecule has 0 fully saturated rings. The standard InChI is InChI=1S/C25H26N2O4/c1-18(19-10-12-21(13-11-19)23(28)20-7-4-3-5-8-20)25(30)31-16-14-26-24(29)22-9-6-15-27(2)17-22/h3-8,10-13,15,17-18H,9,14,16H2,1-2H3,(H,26,29). The molecule has 1 unspecified atom stereocenters. The van der Waals surface area contributed by atoms with E-state index in [0.717, 1.165) is 5.56 Å². The molecule has 6 nitrogen and oxygen atoms in total. The maximum Gasteiger partial charge on any atom is 0.313 e. The van der Waals surface area contributed by atoms with Crippen LogP contribution in [0, 0.1) is 0 Å². The van der Waals surface area contributed by atoms with Gasteiger partial charge in [-0.15, -0.1) is 0 Å². The van der Waals surface area contributed by atoms with E-state index in [1.807, 2.05) is 42.4 Å². The van der Waals surface area contributed by atoms with E-state index in [9.17, 15) is 14.4 Å². The van der Waals surface area contributed by atoms with Gasteiger partial charge in [0, 0.05) is 29.9 Å². The van der Waals surface area contributed by atoms with Crippen LogP contribution in [0.2, 0.25) is 0 Å². The van der Waals surface area contributed by atoms with Gasteiger partial charge in [0.25, 0.3) is 0 Å². The molecule has 1 heterocycles. The van der Waals surface area contributed by atoms with Crippen LogP contribution in [-0.2, 0) is 14.3 Å². The number of hydrogen-bond acceptors (Lipinski definition) is 5. The topological polar surface area (TPSA) is 75.7 Å². The number of amides is 1. The molecular weight excluding hydrogens is 392 g/mol. The van der Waals surface area contributed by atoms with Crippen molar-refractivity contribution in [3.8, 4) is 0 Å². The van der Waals surface area contributed by atoms with E-state index in [1.54, 1.807) is 49.5 Å². The number of benzene rings is 2. The molecular formula is C25H26N2O4. The van der Waals surface area contributed by atoms with Crippen molar-refractivity contribution in [2.75, 3.05) is 20.2 Å². The second-order valence-electron chi connectivity index (χ2n) is 7.37. The van der Waals surface area contributed by atoms with Crippen LogP contribution < -0.4 is 5.32 Å². The minimum atomic E-state index is -0.476. The molecule has 160 valence electrons. The molecule has 1 atom stereocenters. The van der Waals surface area contributed by atoms with Crippen LogP contribution in [-0.4, -0.2) is 42.8 Å². The summed E-state index contributed by atoms with van der Waals surface area (Å²) in [4.78, 5) is 38.8. The van der Waals surface area contributed by atoms with Gasteiger partial charge in [-0.1, -0.05) is 60.7 Å². The zero-order valence-corrected chi connectivity index (χ0v) is 17.7. The molecule has 1 amide bonds. The normalized spacial score (nSPS) is 13.9. The third-order valence-electron chi connectivity index (χ3n) is 5.02. The highest BCUT2D eigenvalue weighted by Gasteiger charge is 2.18. The van der Waals surface area contributed by atoms with Crippen LogP contribution in [0.1, 0.15) is 40.7 Å². The quantitative estimate of drug-likeness (QED) is 0.404. The third-order valence-corrected chi connectivity index (χ3v) is 5.02. The van der Waals surface area contributed by atoms with Gasteiger partial charge in [0.2, 0.25) is 5.91 Å². The van der Waals surface area contributed by atoms with Crippen molar-refractivity contribution < 1.29 is 19.1 Å². The lowest BCUT2D eigenvalue weighted by Gasteiger charge is -2.16. The van der Waals surface area contributed by atoms with Crippen molar-refractivity contribution in [3.05, 3.63) is 95.3 Å². The molecule has 31 heavy (non-hydrogen) atoms. The Morgan fingerprint density at radius 1 is 1.03 bits per heavy atom. The fraction of sp³-hybridized carbons (Fsp3) is 0.240. The molecule has 6 heteroatoms. The number of carbonyl (C=O) groups excluding carboxylic acids is 3. The average molecular weight is 418 g/mol. The van der Waals surface area contributed by atoms with Gasteiger partial charge in [-0.05, 0) is 25.1 Å². The zero-order chi connectivity index (χ0) is 22.2. The van der Waals surface area contributed by atoms with Crippen LogP contribution in [0.5, 0.6) is 0 Å². The predicted octanol–water partition coefficient (Wildman–Crippen LogP) is 3.41. The molecule has 1 N–H and O–H groups in total. The maximum atomic E-state index is 12.5. The highest BCUT2D eigenvalue weighted by Crippen LogP contribution is 2.19. The molecule has 1 aliphatic rings. The highest BCUT2D eigenvalue weighted by atomic mass is 16.5. The average Bonchev–Trinajstić information content (AvgIpc) is 2.81. The second kappa shape index (κ2) is 10.4. The van der Waals surface area contributed by atoms with E-state index < -0.39 is 5.92 Å². The number of nitrogens with one attached hydrogen (secondary N) is 1. The summed E-state index contributed by atoms with van der Waals surface area (Å²) in [5.41, 5.74) is 2.61. The maximum absolute atomic E-state index is 12.5. The van der Waals surface area contributed by atoms with E-state index in [-0.39, 0.29) is 30.8 Å². The van der Waals surface area contributed by atoms with Crippen LogP contribution in [0.15, 0.2) is 78.6 Å². The van der Waals surface area contributed by atoms with Gasteiger partial charge in [0.05, 0.1) is 12.5 Å². The smallest absolute Gasteiger partial charge is 0.313 e. The number of nitrogens with zero attached hydrogens (tertiary/aromatic N) is 1. The van der Waals surface area contributed by atoms with Crippen molar-refractivity contribution >= 4 is 17.7 Å². The van der Waals surface area contributed by atoms with Crippen molar-refractivity contribution in [1.82, 2.24) is 10.2 Å². The summed E-state index contributed by atoms with van der Waals surface area (Å²) >= 11 is 0. The predicted molar refractivity (Wildman–Crippen MR) is 118 cm³/mol. The largest absolute Gasteiger partial charge is 0.463 e. The monoisotopic (exact) mass is 418 g/mol. The van der Waals surface area contributed by atoms with Crippen molar-refractivity contribution in [2.45, 2.75) is 19.3 Å². The Kier molecular flexibility index (Phi) is 7.38. The van der Waals surface area contributed by atoms with Crippen LogP contribution in [0.25, 0.3) is 0 Å². The highest BCUT2D eigenvalue weighted by molar-refractivity contribution is 6.09. The first kappa shape index (κ1) is 22.0. The number of ether oxygens (including phenoxy) is 1. The molecule has 3 rings (SSSR count). The van der Waals surface area contributed by atoms with Crippen LogP contribution in [0.3, 0.4) is 0 Å². The molecule has 0 aromatic heterocycles. The van der Waals surface area contributed by atoms with E-state index in [0.29, 0.717) is 23.1 Å². The van der Waals surface area contributed by atoms with Crippen molar-refractivity contribution in [2.24, 2.45) is 0 Å². The lowest BCUT2D eigenvalue weighted by atomic mass is 9.97. The van der Waals surface area contributed by atoms with Crippen LogP contribution in [0.4, 0.5) is 0 Å². The Labute approximate surface area is 182 Å². The Morgan fingerprint density at radius 2 is 1.71 bits per heavy atom. The molecule has 0 spiro atoms. The number of allylic oxidation sites excluding steroid dienone is 1. The number of ketones is 1. The lowest BCUT2D eigenvalue weighted by Crippen LogP contribution is -2.30. The number of carbonyl (C=O) groups is 3. The zero-order valence-electron chi connectivity index (χ0n) is 17.7. The SMILES string of the molecule is CC(C(=O)OCCNC(=O)C1=CN(C)C=CC1)c1ccc(C(=O)c2ccccc2)cc1. The first-order valence-electron chi connectivity index (χ1n) is 10.2. The van der Waals surface area contributed by atoms with E-state index in [2.05, 4.69) is 5.32 Å². The molecule has 0 saturated carbocycles. The Bertz CT molecular complexity index is 994. The van der Waals surface area contributed by atoms with Crippen LogP contribution >= 0.6 is 0 Å². The van der Waals surface area contributed by atoms with Gasteiger partial charge in [-0.25, -0.2) is 0 Å². The van der Waals surface area contributed by atoms with Gasteiger partial charge in [0.15, 0.2) is 5.78 Å². The summed E-state index contributed by atoms with van der Waals surface area (Å²) in [5.74, 6) is -1.08. The number of hydrogen-bond donors (Lipinski definition) is 1.